The molecular weight excluding hydrogens is 312 g/mol. The SMILES string of the molecule is CC(C)CCN1CC2(CCCN(c3ccc(C#N)cn3)C2)CCC1=O. The number of carbonyl (C=O) groups is 1. The maximum atomic E-state index is 12.3. The zero-order valence-corrected chi connectivity index (χ0v) is 15.4. The second kappa shape index (κ2) is 7.43. The fourth-order valence-corrected chi connectivity index (χ4v) is 4.10. The largest absolute Gasteiger partial charge is 0.356 e. The van der Waals surface area contributed by atoms with Gasteiger partial charge < -0.3 is 9.80 Å². The van der Waals surface area contributed by atoms with Gasteiger partial charge in [-0.2, -0.15) is 5.26 Å². The van der Waals surface area contributed by atoms with Crippen LogP contribution in [0.3, 0.4) is 0 Å². The van der Waals surface area contributed by atoms with Gasteiger partial charge in [0.05, 0.1) is 5.56 Å². The highest BCUT2D eigenvalue weighted by molar-refractivity contribution is 5.77. The number of anilines is 1. The van der Waals surface area contributed by atoms with Crippen molar-refractivity contribution in [3.8, 4) is 6.07 Å². The Hall–Kier alpha value is -2.09. The van der Waals surface area contributed by atoms with Gasteiger partial charge in [-0.1, -0.05) is 13.8 Å². The normalized spacial score (nSPS) is 24.0. The molecule has 0 aromatic carbocycles. The number of amides is 1. The second-order valence-electron chi connectivity index (χ2n) is 8.04. The van der Waals surface area contributed by atoms with E-state index in [9.17, 15) is 4.79 Å². The van der Waals surface area contributed by atoms with Crippen molar-refractivity contribution in [3.05, 3.63) is 23.9 Å². The molecule has 1 amide bonds. The standard InChI is InChI=1S/C20H28N4O/c1-16(2)7-11-24-15-20(9-6-19(24)25)8-3-10-23(14-20)18-5-4-17(12-21)13-22-18/h4-5,13,16H,3,6-11,14-15H2,1-2H3. The highest BCUT2D eigenvalue weighted by atomic mass is 16.2. The third-order valence-electron chi connectivity index (χ3n) is 5.59. The zero-order chi connectivity index (χ0) is 17.9. The fraction of sp³-hybridized carbons (Fsp3) is 0.650. The lowest BCUT2D eigenvalue weighted by atomic mass is 9.73. The van der Waals surface area contributed by atoms with Crippen LogP contribution in [0, 0.1) is 22.7 Å². The van der Waals surface area contributed by atoms with Crippen LogP contribution >= 0.6 is 0 Å². The van der Waals surface area contributed by atoms with Gasteiger partial charge in [-0.15, -0.1) is 0 Å². The number of nitrogens with zero attached hydrogens (tertiary/aromatic N) is 4. The summed E-state index contributed by atoms with van der Waals surface area (Å²) >= 11 is 0. The van der Waals surface area contributed by atoms with E-state index in [-0.39, 0.29) is 5.41 Å². The van der Waals surface area contributed by atoms with E-state index in [0.29, 0.717) is 23.8 Å². The number of nitriles is 1. The Morgan fingerprint density at radius 3 is 2.84 bits per heavy atom. The van der Waals surface area contributed by atoms with Crippen LogP contribution in [0.2, 0.25) is 0 Å². The van der Waals surface area contributed by atoms with Crippen molar-refractivity contribution in [3.63, 3.8) is 0 Å². The molecular formula is C20H28N4O. The first-order valence-electron chi connectivity index (χ1n) is 9.40. The zero-order valence-electron chi connectivity index (χ0n) is 15.4. The van der Waals surface area contributed by atoms with Crippen LogP contribution in [0.15, 0.2) is 18.3 Å². The molecule has 1 atom stereocenters. The number of rotatable bonds is 4. The van der Waals surface area contributed by atoms with E-state index < -0.39 is 0 Å². The van der Waals surface area contributed by atoms with Crippen molar-refractivity contribution in [2.75, 3.05) is 31.1 Å². The van der Waals surface area contributed by atoms with E-state index >= 15 is 0 Å². The Morgan fingerprint density at radius 2 is 2.16 bits per heavy atom. The van der Waals surface area contributed by atoms with Gasteiger partial charge >= 0.3 is 0 Å². The van der Waals surface area contributed by atoms with Gasteiger partial charge in [0.15, 0.2) is 0 Å². The Labute approximate surface area is 150 Å². The molecule has 5 nitrogen and oxygen atoms in total. The van der Waals surface area contributed by atoms with Crippen LogP contribution in [0.4, 0.5) is 5.82 Å². The van der Waals surface area contributed by atoms with Gasteiger partial charge in [-0.3, -0.25) is 4.79 Å². The van der Waals surface area contributed by atoms with E-state index in [2.05, 4.69) is 34.7 Å². The van der Waals surface area contributed by atoms with Crippen molar-refractivity contribution < 1.29 is 4.79 Å². The molecule has 1 unspecified atom stereocenters. The molecule has 0 bridgehead atoms. The molecule has 25 heavy (non-hydrogen) atoms. The lowest BCUT2D eigenvalue weighted by Crippen LogP contribution is -2.54. The first-order chi connectivity index (χ1) is 12.0. The summed E-state index contributed by atoms with van der Waals surface area (Å²) < 4.78 is 0. The molecule has 1 aromatic rings. The Kier molecular flexibility index (Phi) is 5.27. The molecule has 2 fully saturated rings. The summed E-state index contributed by atoms with van der Waals surface area (Å²) in [6.07, 6.45) is 6.70. The summed E-state index contributed by atoms with van der Waals surface area (Å²) in [4.78, 5) is 21.2. The Balaban J connectivity index is 1.70. The number of piperidine rings is 2. The molecule has 2 aliphatic heterocycles. The van der Waals surface area contributed by atoms with Gasteiger partial charge in [-0.05, 0) is 43.7 Å². The third kappa shape index (κ3) is 4.12. The fourth-order valence-electron chi connectivity index (χ4n) is 4.10. The third-order valence-corrected chi connectivity index (χ3v) is 5.59. The monoisotopic (exact) mass is 340 g/mol. The van der Waals surface area contributed by atoms with Gasteiger partial charge in [0.2, 0.25) is 5.91 Å². The van der Waals surface area contributed by atoms with Crippen molar-refractivity contribution in [2.24, 2.45) is 11.3 Å². The number of pyridine rings is 1. The van der Waals surface area contributed by atoms with Gasteiger partial charge in [-0.25, -0.2) is 4.98 Å². The average Bonchev–Trinajstić information content (AvgIpc) is 2.63. The minimum absolute atomic E-state index is 0.193. The van der Waals surface area contributed by atoms with Crippen LogP contribution in [0.25, 0.3) is 0 Å². The molecule has 5 heteroatoms. The highest BCUT2D eigenvalue weighted by Crippen LogP contribution is 2.40. The van der Waals surface area contributed by atoms with Crippen LogP contribution in [-0.4, -0.2) is 42.0 Å². The van der Waals surface area contributed by atoms with E-state index in [0.717, 1.165) is 51.3 Å². The van der Waals surface area contributed by atoms with E-state index in [4.69, 9.17) is 5.26 Å². The molecule has 3 rings (SSSR count). The molecule has 0 aliphatic carbocycles. The van der Waals surface area contributed by atoms with Crippen LogP contribution in [-0.2, 0) is 4.79 Å². The number of carbonyl (C=O) groups excluding carboxylic acids is 1. The molecule has 1 aromatic heterocycles. The number of aromatic nitrogens is 1. The van der Waals surface area contributed by atoms with Crippen molar-refractivity contribution >= 4 is 11.7 Å². The highest BCUT2D eigenvalue weighted by Gasteiger charge is 2.41. The summed E-state index contributed by atoms with van der Waals surface area (Å²) in [6, 6.07) is 5.91. The topological polar surface area (TPSA) is 60.2 Å². The lowest BCUT2D eigenvalue weighted by molar-refractivity contribution is -0.138. The summed E-state index contributed by atoms with van der Waals surface area (Å²) in [6.45, 7) is 8.14. The predicted molar refractivity (Wildman–Crippen MR) is 98.1 cm³/mol. The molecule has 3 heterocycles. The van der Waals surface area contributed by atoms with E-state index in [1.807, 2.05) is 12.1 Å². The molecule has 0 radical (unpaired) electrons. The summed E-state index contributed by atoms with van der Waals surface area (Å²) in [5, 5.41) is 8.94. The second-order valence-corrected chi connectivity index (χ2v) is 8.04. The Bertz CT molecular complexity index is 649. The number of likely N-dealkylation sites (tertiary alicyclic amines) is 1. The van der Waals surface area contributed by atoms with Crippen molar-refractivity contribution in [2.45, 2.75) is 46.0 Å². The van der Waals surface area contributed by atoms with Gasteiger partial charge in [0.25, 0.3) is 0 Å². The smallest absolute Gasteiger partial charge is 0.222 e. The van der Waals surface area contributed by atoms with Crippen molar-refractivity contribution in [1.82, 2.24) is 9.88 Å². The molecule has 2 saturated heterocycles. The molecule has 0 N–H and O–H groups in total. The summed E-state index contributed by atoms with van der Waals surface area (Å²) in [7, 11) is 0. The predicted octanol–water partition coefficient (Wildman–Crippen LogP) is 3.21. The van der Waals surface area contributed by atoms with Crippen LogP contribution in [0.5, 0.6) is 0 Å². The Morgan fingerprint density at radius 1 is 1.32 bits per heavy atom. The van der Waals surface area contributed by atoms with E-state index in [1.54, 1.807) is 6.20 Å². The van der Waals surface area contributed by atoms with E-state index in [1.165, 1.54) is 6.42 Å². The first kappa shape index (κ1) is 17.7. The number of hydrogen-bond acceptors (Lipinski definition) is 4. The van der Waals surface area contributed by atoms with Crippen LogP contribution < -0.4 is 4.90 Å². The quantitative estimate of drug-likeness (QED) is 0.844. The number of hydrogen-bond donors (Lipinski definition) is 0. The van der Waals surface area contributed by atoms with Gasteiger partial charge in [0, 0.05) is 44.2 Å². The minimum atomic E-state index is 0.193. The maximum Gasteiger partial charge on any atom is 0.222 e. The minimum Gasteiger partial charge on any atom is -0.356 e. The summed E-state index contributed by atoms with van der Waals surface area (Å²) in [5.74, 6) is 1.89. The molecule has 2 aliphatic rings. The molecule has 1 spiro atoms. The first-order valence-corrected chi connectivity index (χ1v) is 9.40. The summed E-state index contributed by atoms with van der Waals surface area (Å²) in [5.41, 5.74) is 0.789. The maximum absolute atomic E-state index is 12.3. The molecule has 134 valence electrons. The molecule has 0 saturated carbocycles. The van der Waals surface area contributed by atoms with Crippen LogP contribution in [0.1, 0.15) is 51.5 Å². The van der Waals surface area contributed by atoms with Gasteiger partial charge in [0.1, 0.15) is 11.9 Å². The average molecular weight is 340 g/mol. The lowest BCUT2D eigenvalue weighted by Gasteiger charge is -2.48. The van der Waals surface area contributed by atoms with Crippen molar-refractivity contribution in [1.29, 1.82) is 5.26 Å².